The summed E-state index contributed by atoms with van der Waals surface area (Å²) in [4.78, 5) is 0. The molecule has 1 aromatic rings. The molecule has 3 nitrogen and oxygen atoms in total. The minimum atomic E-state index is 0.209. The monoisotopic (exact) mass is 234 g/mol. The molecule has 0 heterocycles. The molecule has 1 saturated carbocycles. The molecule has 1 aliphatic rings. The predicted molar refractivity (Wildman–Crippen MR) is 69.8 cm³/mol. The van der Waals surface area contributed by atoms with Crippen molar-refractivity contribution in [2.45, 2.75) is 33.2 Å². The number of methoxy groups -OCH3 is 1. The number of hydrogen-bond donors (Lipinski definition) is 2. The number of benzene rings is 1. The van der Waals surface area contributed by atoms with Gasteiger partial charge in [-0.3, -0.25) is 11.3 Å². The number of hydrazine groups is 1. The van der Waals surface area contributed by atoms with E-state index in [0.717, 1.165) is 11.7 Å². The fourth-order valence-electron chi connectivity index (χ4n) is 2.74. The van der Waals surface area contributed by atoms with Crippen LogP contribution in [0.25, 0.3) is 0 Å². The molecule has 94 valence electrons. The molecule has 1 aromatic carbocycles. The maximum absolute atomic E-state index is 5.73. The van der Waals surface area contributed by atoms with Gasteiger partial charge in [-0.2, -0.15) is 0 Å². The van der Waals surface area contributed by atoms with Gasteiger partial charge in [-0.15, -0.1) is 0 Å². The Morgan fingerprint density at radius 1 is 1.41 bits per heavy atom. The van der Waals surface area contributed by atoms with E-state index in [9.17, 15) is 0 Å². The summed E-state index contributed by atoms with van der Waals surface area (Å²) in [5, 5.41) is 0. The second-order valence-electron chi connectivity index (χ2n) is 5.22. The first-order chi connectivity index (χ1) is 8.08. The van der Waals surface area contributed by atoms with Gasteiger partial charge in [0.1, 0.15) is 5.75 Å². The van der Waals surface area contributed by atoms with Crippen LogP contribution in [0.3, 0.4) is 0 Å². The lowest BCUT2D eigenvalue weighted by Crippen LogP contribution is -2.30. The first kappa shape index (κ1) is 12.4. The standard InChI is InChI=1S/C14H22N2O/c1-8-5-10(3)13(12(6-8)17-4)14(16-15)11-7-9(11)2/h5-6,9,11,14,16H,7,15H2,1-4H3. The van der Waals surface area contributed by atoms with E-state index < -0.39 is 0 Å². The Kier molecular flexibility index (Phi) is 3.40. The highest BCUT2D eigenvalue weighted by Gasteiger charge is 2.41. The van der Waals surface area contributed by atoms with Crippen molar-refractivity contribution < 1.29 is 4.74 Å². The lowest BCUT2D eigenvalue weighted by atomic mass is 9.94. The van der Waals surface area contributed by atoms with Crippen LogP contribution in [0.5, 0.6) is 5.75 Å². The average molecular weight is 234 g/mol. The molecule has 0 spiro atoms. The van der Waals surface area contributed by atoms with Crippen LogP contribution in [0.4, 0.5) is 0 Å². The van der Waals surface area contributed by atoms with Crippen LogP contribution in [0.2, 0.25) is 0 Å². The molecule has 2 rings (SSSR count). The first-order valence-electron chi connectivity index (χ1n) is 6.19. The number of hydrogen-bond acceptors (Lipinski definition) is 3. The van der Waals surface area contributed by atoms with Crippen LogP contribution in [0.1, 0.15) is 36.1 Å². The Hall–Kier alpha value is -1.06. The Labute approximate surface area is 103 Å². The number of ether oxygens (including phenoxy) is 1. The zero-order valence-corrected chi connectivity index (χ0v) is 11.1. The van der Waals surface area contributed by atoms with Gasteiger partial charge in [-0.05, 0) is 49.3 Å². The third-order valence-electron chi connectivity index (χ3n) is 3.80. The minimum absolute atomic E-state index is 0.209. The second-order valence-corrected chi connectivity index (χ2v) is 5.22. The number of aryl methyl sites for hydroxylation is 2. The zero-order valence-electron chi connectivity index (χ0n) is 11.1. The van der Waals surface area contributed by atoms with Crippen LogP contribution in [-0.2, 0) is 0 Å². The summed E-state index contributed by atoms with van der Waals surface area (Å²) in [6.07, 6.45) is 1.24. The number of nitrogens with two attached hydrogens (primary N) is 1. The van der Waals surface area contributed by atoms with E-state index in [-0.39, 0.29) is 6.04 Å². The van der Waals surface area contributed by atoms with Crippen molar-refractivity contribution in [3.63, 3.8) is 0 Å². The molecule has 17 heavy (non-hydrogen) atoms. The van der Waals surface area contributed by atoms with Gasteiger partial charge in [0.15, 0.2) is 0 Å². The fourth-order valence-corrected chi connectivity index (χ4v) is 2.74. The highest BCUT2D eigenvalue weighted by Crippen LogP contribution is 2.49. The predicted octanol–water partition coefficient (Wildman–Crippen LogP) is 2.47. The van der Waals surface area contributed by atoms with Crippen molar-refractivity contribution in [3.05, 3.63) is 28.8 Å². The van der Waals surface area contributed by atoms with E-state index >= 15 is 0 Å². The normalized spacial score (nSPS) is 24.5. The third-order valence-corrected chi connectivity index (χ3v) is 3.80. The zero-order chi connectivity index (χ0) is 12.6. The highest BCUT2D eigenvalue weighted by molar-refractivity contribution is 5.45. The molecular formula is C14H22N2O. The van der Waals surface area contributed by atoms with Crippen LogP contribution < -0.4 is 16.0 Å². The van der Waals surface area contributed by atoms with Gasteiger partial charge in [0.05, 0.1) is 13.2 Å². The first-order valence-corrected chi connectivity index (χ1v) is 6.19. The summed E-state index contributed by atoms with van der Waals surface area (Å²) >= 11 is 0. The van der Waals surface area contributed by atoms with Crippen molar-refractivity contribution in [2.24, 2.45) is 17.7 Å². The lowest BCUT2D eigenvalue weighted by molar-refractivity contribution is 0.388. The summed E-state index contributed by atoms with van der Waals surface area (Å²) in [6.45, 7) is 6.48. The third kappa shape index (κ3) is 2.31. The van der Waals surface area contributed by atoms with Crippen LogP contribution in [-0.4, -0.2) is 7.11 Å². The second kappa shape index (κ2) is 4.67. The maximum atomic E-state index is 5.73. The quantitative estimate of drug-likeness (QED) is 0.621. The van der Waals surface area contributed by atoms with Crippen molar-refractivity contribution in [3.8, 4) is 5.75 Å². The van der Waals surface area contributed by atoms with Gasteiger partial charge in [-0.25, -0.2) is 0 Å². The van der Waals surface area contributed by atoms with Crippen LogP contribution in [0.15, 0.2) is 12.1 Å². The average Bonchev–Trinajstić information content (AvgIpc) is 2.99. The Morgan fingerprint density at radius 2 is 2.06 bits per heavy atom. The molecule has 1 aliphatic carbocycles. The minimum Gasteiger partial charge on any atom is -0.496 e. The summed E-state index contributed by atoms with van der Waals surface area (Å²) in [6, 6.07) is 4.48. The van der Waals surface area contributed by atoms with E-state index in [1.807, 2.05) is 0 Å². The Balaban J connectivity index is 2.41. The summed E-state index contributed by atoms with van der Waals surface area (Å²) in [5.74, 6) is 8.07. The summed E-state index contributed by atoms with van der Waals surface area (Å²) in [5.41, 5.74) is 6.66. The van der Waals surface area contributed by atoms with E-state index in [4.69, 9.17) is 10.6 Å². The van der Waals surface area contributed by atoms with E-state index in [1.54, 1.807) is 7.11 Å². The van der Waals surface area contributed by atoms with Crippen molar-refractivity contribution in [1.82, 2.24) is 5.43 Å². The topological polar surface area (TPSA) is 47.3 Å². The van der Waals surface area contributed by atoms with Crippen LogP contribution in [0, 0.1) is 25.7 Å². The van der Waals surface area contributed by atoms with Gasteiger partial charge in [0.25, 0.3) is 0 Å². The van der Waals surface area contributed by atoms with Gasteiger partial charge in [-0.1, -0.05) is 13.0 Å². The van der Waals surface area contributed by atoms with Gasteiger partial charge in [0.2, 0.25) is 0 Å². The number of rotatable bonds is 4. The molecule has 0 amide bonds. The van der Waals surface area contributed by atoms with E-state index in [1.165, 1.54) is 23.1 Å². The summed E-state index contributed by atoms with van der Waals surface area (Å²) < 4.78 is 5.51. The molecular weight excluding hydrogens is 212 g/mol. The largest absolute Gasteiger partial charge is 0.496 e. The van der Waals surface area contributed by atoms with E-state index in [0.29, 0.717) is 5.92 Å². The van der Waals surface area contributed by atoms with Crippen LogP contribution >= 0.6 is 0 Å². The van der Waals surface area contributed by atoms with Crippen molar-refractivity contribution in [1.29, 1.82) is 0 Å². The number of nitrogens with one attached hydrogen (secondary N) is 1. The molecule has 3 N–H and O–H groups in total. The fraction of sp³-hybridized carbons (Fsp3) is 0.571. The van der Waals surface area contributed by atoms with Gasteiger partial charge >= 0.3 is 0 Å². The smallest absolute Gasteiger partial charge is 0.124 e. The van der Waals surface area contributed by atoms with Crippen molar-refractivity contribution >= 4 is 0 Å². The molecule has 1 fully saturated rings. The molecule has 3 heteroatoms. The lowest BCUT2D eigenvalue weighted by Gasteiger charge is -2.22. The molecule has 0 aromatic heterocycles. The molecule has 0 aliphatic heterocycles. The van der Waals surface area contributed by atoms with Gasteiger partial charge < -0.3 is 4.74 Å². The molecule has 3 unspecified atom stereocenters. The molecule has 0 radical (unpaired) electrons. The highest BCUT2D eigenvalue weighted by atomic mass is 16.5. The SMILES string of the molecule is COc1cc(C)cc(C)c1C(NN)C1CC1C. The molecule has 3 atom stereocenters. The Bertz CT molecular complexity index is 417. The van der Waals surface area contributed by atoms with E-state index in [2.05, 4.69) is 38.3 Å². The Morgan fingerprint density at radius 3 is 2.53 bits per heavy atom. The summed E-state index contributed by atoms with van der Waals surface area (Å²) in [7, 11) is 1.72. The maximum Gasteiger partial charge on any atom is 0.124 e. The van der Waals surface area contributed by atoms with Gasteiger partial charge in [0, 0.05) is 5.56 Å². The van der Waals surface area contributed by atoms with Crippen molar-refractivity contribution in [2.75, 3.05) is 7.11 Å². The molecule has 0 saturated heterocycles. The molecule has 0 bridgehead atoms.